The van der Waals surface area contributed by atoms with Gasteiger partial charge in [-0.1, -0.05) is 12.1 Å². The Morgan fingerprint density at radius 1 is 1.17 bits per heavy atom. The zero-order valence-electron chi connectivity index (χ0n) is 13.6. The highest BCUT2D eigenvalue weighted by Crippen LogP contribution is 2.06. The first-order valence-electron chi connectivity index (χ1n) is 8.15. The lowest BCUT2D eigenvalue weighted by molar-refractivity contribution is 0.624. The molecular formula is C18H25FN4. The van der Waals surface area contributed by atoms with Crippen LogP contribution in [0.2, 0.25) is 0 Å². The van der Waals surface area contributed by atoms with E-state index in [-0.39, 0.29) is 5.82 Å². The number of halogens is 1. The molecule has 0 atom stereocenters. The maximum absolute atomic E-state index is 13.1. The molecule has 1 aromatic heterocycles. The number of aryl methyl sites for hydroxylation is 1. The molecule has 0 aliphatic carbocycles. The molecule has 2 rings (SSSR count). The fourth-order valence-electron chi connectivity index (χ4n) is 2.33. The third kappa shape index (κ3) is 6.55. The van der Waals surface area contributed by atoms with Gasteiger partial charge >= 0.3 is 0 Å². The summed E-state index contributed by atoms with van der Waals surface area (Å²) in [5, 5.41) is 6.56. The zero-order valence-corrected chi connectivity index (χ0v) is 13.6. The zero-order chi connectivity index (χ0) is 16.3. The van der Waals surface area contributed by atoms with E-state index in [2.05, 4.69) is 27.1 Å². The quantitative estimate of drug-likeness (QED) is 0.447. The van der Waals surface area contributed by atoms with Crippen LogP contribution in [-0.2, 0) is 13.0 Å². The number of hydrogen-bond donors (Lipinski definition) is 2. The summed E-state index contributed by atoms with van der Waals surface area (Å²) in [6.45, 7) is 5.33. The summed E-state index contributed by atoms with van der Waals surface area (Å²) in [4.78, 5) is 4.56. The van der Waals surface area contributed by atoms with Crippen LogP contribution in [-0.4, -0.2) is 30.2 Å². The number of benzene rings is 1. The van der Waals surface area contributed by atoms with E-state index in [9.17, 15) is 4.39 Å². The molecule has 0 unspecified atom stereocenters. The average Bonchev–Trinajstić information content (AvgIpc) is 3.05. The van der Waals surface area contributed by atoms with Crippen molar-refractivity contribution >= 4 is 5.96 Å². The Kier molecular flexibility index (Phi) is 7.17. The van der Waals surface area contributed by atoms with Crippen LogP contribution in [0.5, 0.6) is 0 Å². The largest absolute Gasteiger partial charge is 0.357 e. The smallest absolute Gasteiger partial charge is 0.191 e. The van der Waals surface area contributed by atoms with Crippen molar-refractivity contribution in [1.29, 1.82) is 0 Å². The topological polar surface area (TPSA) is 41.4 Å². The SMILES string of the molecule is CCNC(=NCCCc1cccc(F)c1)NCCn1cccc1. The summed E-state index contributed by atoms with van der Waals surface area (Å²) in [6.07, 6.45) is 5.83. The molecule has 23 heavy (non-hydrogen) atoms. The maximum Gasteiger partial charge on any atom is 0.191 e. The summed E-state index contributed by atoms with van der Waals surface area (Å²) in [5.41, 5.74) is 1.02. The molecule has 1 heterocycles. The monoisotopic (exact) mass is 316 g/mol. The van der Waals surface area contributed by atoms with Crippen molar-refractivity contribution in [3.63, 3.8) is 0 Å². The van der Waals surface area contributed by atoms with Crippen molar-refractivity contribution in [1.82, 2.24) is 15.2 Å². The highest BCUT2D eigenvalue weighted by Gasteiger charge is 1.98. The molecule has 5 heteroatoms. The van der Waals surface area contributed by atoms with Gasteiger partial charge in [-0.15, -0.1) is 0 Å². The maximum atomic E-state index is 13.1. The molecule has 2 aromatic rings. The Hall–Kier alpha value is -2.30. The van der Waals surface area contributed by atoms with E-state index in [4.69, 9.17) is 0 Å². The van der Waals surface area contributed by atoms with Gasteiger partial charge in [-0.25, -0.2) is 4.39 Å². The minimum atomic E-state index is -0.175. The Bertz CT molecular complexity index is 593. The summed E-state index contributed by atoms with van der Waals surface area (Å²) in [5.74, 6) is 0.657. The molecule has 124 valence electrons. The third-order valence-corrected chi connectivity index (χ3v) is 3.46. The van der Waals surface area contributed by atoms with E-state index in [0.29, 0.717) is 0 Å². The second-order valence-electron chi connectivity index (χ2n) is 5.34. The normalized spacial score (nSPS) is 11.5. The fraction of sp³-hybridized carbons (Fsp3) is 0.389. The van der Waals surface area contributed by atoms with Gasteiger partial charge in [0.05, 0.1) is 0 Å². The molecule has 0 fully saturated rings. The first-order valence-corrected chi connectivity index (χ1v) is 8.15. The fourth-order valence-corrected chi connectivity index (χ4v) is 2.33. The molecule has 0 saturated heterocycles. The second-order valence-corrected chi connectivity index (χ2v) is 5.34. The number of hydrogen-bond acceptors (Lipinski definition) is 1. The highest BCUT2D eigenvalue weighted by molar-refractivity contribution is 5.79. The summed E-state index contributed by atoms with van der Waals surface area (Å²) < 4.78 is 15.2. The molecule has 0 spiro atoms. The Balaban J connectivity index is 1.72. The van der Waals surface area contributed by atoms with Crippen molar-refractivity contribution < 1.29 is 4.39 Å². The first-order chi connectivity index (χ1) is 11.3. The van der Waals surface area contributed by atoms with E-state index in [1.165, 1.54) is 6.07 Å². The van der Waals surface area contributed by atoms with Gasteiger partial charge in [0.25, 0.3) is 0 Å². The lowest BCUT2D eigenvalue weighted by Gasteiger charge is -2.11. The van der Waals surface area contributed by atoms with E-state index in [1.807, 2.05) is 30.6 Å². The van der Waals surface area contributed by atoms with E-state index < -0.39 is 0 Å². The number of aliphatic imine (C=N–C) groups is 1. The average molecular weight is 316 g/mol. The van der Waals surface area contributed by atoms with Crippen LogP contribution in [0.1, 0.15) is 18.9 Å². The molecule has 0 saturated carbocycles. The predicted octanol–water partition coefficient (Wildman–Crippen LogP) is 2.82. The third-order valence-electron chi connectivity index (χ3n) is 3.46. The van der Waals surface area contributed by atoms with E-state index in [1.54, 1.807) is 12.1 Å². The number of guanidine groups is 1. The van der Waals surface area contributed by atoms with Crippen LogP contribution in [0.15, 0.2) is 53.8 Å². The number of nitrogens with one attached hydrogen (secondary N) is 2. The van der Waals surface area contributed by atoms with Gasteiger partial charge in [0.1, 0.15) is 5.82 Å². The molecule has 0 aliphatic heterocycles. The van der Waals surface area contributed by atoms with Gasteiger partial charge in [0.2, 0.25) is 0 Å². The van der Waals surface area contributed by atoms with E-state index >= 15 is 0 Å². The standard InChI is InChI=1S/C18H25FN4/c1-2-20-18(22-11-14-23-12-3-4-13-23)21-10-6-8-16-7-5-9-17(19)15-16/h3-5,7,9,12-13,15H,2,6,8,10-11,14H2,1H3,(H2,20,21,22). The second kappa shape index (κ2) is 9.66. The van der Waals surface area contributed by atoms with Gasteiger partial charge in [-0.2, -0.15) is 0 Å². The molecule has 0 aliphatic rings. The molecule has 4 nitrogen and oxygen atoms in total. The minimum absolute atomic E-state index is 0.175. The van der Waals surface area contributed by atoms with Crippen LogP contribution < -0.4 is 10.6 Å². The highest BCUT2D eigenvalue weighted by atomic mass is 19.1. The summed E-state index contributed by atoms with van der Waals surface area (Å²) in [7, 11) is 0. The van der Waals surface area contributed by atoms with Gasteiger partial charge in [0, 0.05) is 38.6 Å². The lowest BCUT2D eigenvalue weighted by atomic mass is 10.1. The van der Waals surface area contributed by atoms with Gasteiger partial charge in [0.15, 0.2) is 5.96 Å². The van der Waals surface area contributed by atoms with Crippen molar-refractivity contribution in [3.05, 3.63) is 60.2 Å². The van der Waals surface area contributed by atoms with Crippen molar-refractivity contribution in [2.75, 3.05) is 19.6 Å². The van der Waals surface area contributed by atoms with Gasteiger partial charge in [-0.3, -0.25) is 4.99 Å². The molecular weight excluding hydrogens is 291 g/mol. The Morgan fingerprint density at radius 2 is 2.00 bits per heavy atom. The van der Waals surface area contributed by atoms with Gasteiger partial charge < -0.3 is 15.2 Å². The molecule has 0 amide bonds. The molecule has 2 N–H and O–H groups in total. The van der Waals surface area contributed by atoms with Crippen LogP contribution in [0.25, 0.3) is 0 Å². The van der Waals surface area contributed by atoms with Crippen LogP contribution in [0.4, 0.5) is 4.39 Å². The van der Waals surface area contributed by atoms with Gasteiger partial charge in [-0.05, 0) is 49.6 Å². The van der Waals surface area contributed by atoms with E-state index in [0.717, 1.165) is 50.5 Å². The first kappa shape index (κ1) is 17.1. The van der Waals surface area contributed by atoms with Crippen LogP contribution >= 0.6 is 0 Å². The molecule has 0 bridgehead atoms. The summed E-state index contributed by atoms with van der Waals surface area (Å²) >= 11 is 0. The number of rotatable bonds is 8. The van der Waals surface area contributed by atoms with Crippen molar-refractivity contribution in [2.45, 2.75) is 26.3 Å². The van der Waals surface area contributed by atoms with Crippen LogP contribution in [0, 0.1) is 5.82 Å². The molecule has 1 aromatic carbocycles. The molecule has 0 radical (unpaired) electrons. The van der Waals surface area contributed by atoms with Crippen molar-refractivity contribution in [2.24, 2.45) is 4.99 Å². The number of aromatic nitrogens is 1. The Labute approximate surface area is 137 Å². The number of nitrogens with zero attached hydrogens (tertiary/aromatic N) is 2. The lowest BCUT2D eigenvalue weighted by Crippen LogP contribution is -2.38. The predicted molar refractivity (Wildman–Crippen MR) is 93.1 cm³/mol. The van der Waals surface area contributed by atoms with Crippen molar-refractivity contribution in [3.8, 4) is 0 Å². The Morgan fingerprint density at radius 3 is 2.74 bits per heavy atom. The van der Waals surface area contributed by atoms with Crippen LogP contribution in [0.3, 0.4) is 0 Å². The summed E-state index contributed by atoms with van der Waals surface area (Å²) in [6, 6.07) is 10.8. The minimum Gasteiger partial charge on any atom is -0.357 e.